The third kappa shape index (κ3) is 2.27. The predicted molar refractivity (Wildman–Crippen MR) is 69.0 cm³/mol. The number of urea groups is 1. The van der Waals surface area contributed by atoms with Gasteiger partial charge in [0.15, 0.2) is 0 Å². The Balaban J connectivity index is 2.24. The molecule has 2 rings (SSSR count). The molecule has 1 heterocycles. The average Bonchev–Trinajstić information content (AvgIpc) is 2.59. The number of hydrogen-bond donors (Lipinski definition) is 0. The Morgan fingerprint density at radius 3 is 2.37 bits per heavy atom. The minimum atomic E-state index is -0.793. The third-order valence-electron chi connectivity index (χ3n) is 3.04. The van der Waals surface area contributed by atoms with Crippen molar-refractivity contribution in [2.75, 3.05) is 6.54 Å². The fraction of sp³-hybridized carbons (Fsp3) is 0.214. The van der Waals surface area contributed by atoms with Crippen LogP contribution in [-0.2, 0) is 16.1 Å². The zero-order chi connectivity index (χ0) is 14.0. The van der Waals surface area contributed by atoms with E-state index in [0.29, 0.717) is 0 Å². The minimum absolute atomic E-state index is 0.0493. The molecule has 19 heavy (non-hydrogen) atoms. The molecule has 4 amide bonds. The van der Waals surface area contributed by atoms with Crippen molar-refractivity contribution in [3.63, 3.8) is 0 Å². The van der Waals surface area contributed by atoms with Gasteiger partial charge in [0.2, 0.25) is 0 Å². The number of carbonyl (C=O) groups is 3. The Morgan fingerprint density at radius 1 is 1.11 bits per heavy atom. The van der Waals surface area contributed by atoms with Crippen molar-refractivity contribution in [2.24, 2.45) is 0 Å². The predicted octanol–water partition coefficient (Wildman–Crippen LogP) is 1.47. The van der Waals surface area contributed by atoms with Gasteiger partial charge in [-0.05, 0) is 18.1 Å². The van der Waals surface area contributed by atoms with Crippen LogP contribution in [0.1, 0.15) is 11.1 Å². The summed E-state index contributed by atoms with van der Waals surface area (Å²) in [5.74, 6) is -1.58. The molecule has 0 aliphatic carbocycles. The van der Waals surface area contributed by atoms with E-state index >= 15 is 0 Å². The number of carbonyl (C=O) groups excluding carboxylic acids is 3. The molecule has 5 heteroatoms. The second-order valence-corrected chi connectivity index (χ2v) is 4.30. The molecule has 1 aliphatic heterocycles. The fourth-order valence-electron chi connectivity index (χ4n) is 1.94. The number of amides is 4. The van der Waals surface area contributed by atoms with Crippen LogP contribution in [0.4, 0.5) is 4.79 Å². The molecule has 1 fully saturated rings. The van der Waals surface area contributed by atoms with Crippen LogP contribution in [0.2, 0.25) is 0 Å². The number of benzene rings is 1. The van der Waals surface area contributed by atoms with Crippen LogP contribution in [0, 0.1) is 6.92 Å². The van der Waals surface area contributed by atoms with Gasteiger partial charge in [0, 0.05) is 6.54 Å². The summed E-state index contributed by atoms with van der Waals surface area (Å²) in [5, 5.41) is 0. The van der Waals surface area contributed by atoms with Gasteiger partial charge in [-0.25, -0.2) is 4.79 Å². The summed E-state index contributed by atoms with van der Waals surface area (Å²) in [5.41, 5.74) is 1.81. The molecule has 0 spiro atoms. The summed E-state index contributed by atoms with van der Waals surface area (Å²) in [6.07, 6.45) is 1.42. The summed E-state index contributed by atoms with van der Waals surface area (Å²) < 4.78 is 0. The van der Waals surface area contributed by atoms with Crippen LogP contribution in [0.25, 0.3) is 0 Å². The van der Waals surface area contributed by atoms with Crippen molar-refractivity contribution in [2.45, 2.75) is 13.5 Å². The van der Waals surface area contributed by atoms with Crippen LogP contribution >= 0.6 is 0 Å². The molecule has 0 bridgehead atoms. The van der Waals surface area contributed by atoms with Gasteiger partial charge in [-0.3, -0.25) is 19.4 Å². The van der Waals surface area contributed by atoms with Crippen molar-refractivity contribution in [3.05, 3.63) is 48.0 Å². The average molecular weight is 258 g/mol. The Kier molecular flexibility index (Phi) is 3.46. The lowest BCUT2D eigenvalue weighted by atomic mass is 10.1. The van der Waals surface area contributed by atoms with E-state index in [1.54, 1.807) is 0 Å². The Morgan fingerprint density at radius 2 is 1.74 bits per heavy atom. The summed E-state index contributed by atoms with van der Waals surface area (Å²) >= 11 is 0. The van der Waals surface area contributed by atoms with Gasteiger partial charge < -0.3 is 0 Å². The largest absolute Gasteiger partial charge is 0.334 e. The number of aryl methyl sites for hydroxylation is 1. The van der Waals surface area contributed by atoms with Gasteiger partial charge in [0.1, 0.15) is 0 Å². The monoisotopic (exact) mass is 258 g/mol. The van der Waals surface area contributed by atoms with Crippen LogP contribution in [0.3, 0.4) is 0 Å². The highest BCUT2D eigenvalue weighted by molar-refractivity contribution is 6.44. The van der Waals surface area contributed by atoms with E-state index < -0.39 is 17.8 Å². The van der Waals surface area contributed by atoms with Crippen LogP contribution in [0.15, 0.2) is 36.9 Å². The van der Waals surface area contributed by atoms with E-state index in [0.717, 1.165) is 20.9 Å². The molecule has 0 N–H and O–H groups in total. The van der Waals surface area contributed by atoms with Crippen molar-refractivity contribution < 1.29 is 14.4 Å². The molecular formula is C14H14N2O3. The normalized spacial score (nSPS) is 15.3. The van der Waals surface area contributed by atoms with Gasteiger partial charge in [-0.15, -0.1) is 6.58 Å². The smallest absolute Gasteiger partial charge is 0.263 e. The highest BCUT2D eigenvalue weighted by Gasteiger charge is 2.43. The van der Waals surface area contributed by atoms with Crippen molar-refractivity contribution >= 4 is 17.8 Å². The zero-order valence-corrected chi connectivity index (χ0v) is 10.6. The first-order valence-corrected chi connectivity index (χ1v) is 5.89. The van der Waals surface area contributed by atoms with Gasteiger partial charge in [0.25, 0.3) is 0 Å². The lowest BCUT2D eigenvalue weighted by molar-refractivity contribution is -0.143. The Labute approximate surface area is 111 Å². The molecule has 1 aromatic rings. The molecule has 0 saturated carbocycles. The van der Waals surface area contributed by atoms with Gasteiger partial charge in [0.05, 0.1) is 6.54 Å². The van der Waals surface area contributed by atoms with Crippen molar-refractivity contribution in [3.8, 4) is 0 Å². The third-order valence-corrected chi connectivity index (χ3v) is 3.04. The molecule has 98 valence electrons. The van der Waals surface area contributed by atoms with Crippen molar-refractivity contribution in [1.82, 2.24) is 9.80 Å². The first-order valence-electron chi connectivity index (χ1n) is 5.89. The minimum Gasteiger partial charge on any atom is -0.263 e. The second kappa shape index (κ2) is 5.06. The molecule has 0 aromatic heterocycles. The number of hydrogen-bond acceptors (Lipinski definition) is 3. The standard InChI is InChI=1S/C14H14N2O3/c1-3-8-15-12(17)13(18)16(14(15)19)9-11-7-5-4-6-10(11)2/h3-7H,1,8-9H2,2H3. The lowest BCUT2D eigenvalue weighted by Crippen LogP contribution is -2.33. The summed E-state index contributed by atoms with van der Waals surface area (Å²) in [4.78, 5) is 37.3. The molecule has 1 aliphatic rings. The van der Waals surface area contributed by atoms with E-state index in [1.165, 1.54) is 6.08 Å². The first-order chi connectivity index (χ1) is 9.06. The Hall–Kier alpha value is -2.43. The van der Waals surface area contributed by atoms with E-state index in [9.17, 15) is 14.4 Å². The van der Waals surface area contributed by atoms with Crippen molar-refractivity contribution in [1.29, 1.82) is 0 Å². The number of imide groups is 2. The molecule has 0 radical (unpaired) electrons. The molecule has 5 nitrogen and oxygen atoms in total. The molecule has 1 saturated heterocycles. The van der Waals surface area contributed by atoms with Crippen LogP contribution < -0.4 is 0 Å². The maximum Gasteiger partial charge on any atom is 0.334 e. The second-order valence-electron chi connectivity index (χ2n) is 4.30. The first kappa shape index (κ1) is 13.0. The Bertz CT molecular complexity index is 566. The summed E-state index contributed by atoms with van der Waals surface area (Å²) in [7, 11) is 0. The van der Waals surface area contributed by atoms with E-state index in [4.69, 9.17) is 0 Å². The number of nitrogens with zero attached hydrogens (tertiary/aromatic N) is 2. The SMILES string of the molecule is C=CCN1C(=O)C(=O)N(Cc2ccccc2C)C1=O. The molecule has 1 aromatic carbocycles. The van der Waals surface area contributed by atoms with Crippen LogP contribution in [0.5, 0.6) is 0 Å². The lowest BCUT2D eigenvalue weighted by Gasteiger charge is -2.15. The fourth-order valence-corrected chi connectivity index (χ4v) is 1.94. The van der Waals surface area contributed by atoms with Crippen LogP contribution in [-0.4, -0.2) is 34.2 Å². The maximum atomic E-state index is 12.0. The van der Waals surface area contributed by atoms with E-state index in [1.807, 2.05) is 31.2 Å². The zero-order valence-electron chi connectivity index (χ0n) is 10.6. The van der Waals surface area contributed by atoms with Gasteiger partial charge in [-0.1, -0.05) is 30.3 Å². The quantitative estimate of drug-likeness (QED) is 0.467. The van der Waals surface area contributed by atoms with Gasteiger partial charge in [-0.2, -0.15) is 0 Å². The van der Waals surface area contributed by atoms with E-state index in [2.05, 4.69) is 6.58 Å². The highest BCUT2D eigenvalue weighted by atomic mass is 16.2. The maximum absolute atomic E-state index is 12.0. The highest BCUT2D eigenvalue weighted by Crippen LogP contribution is 2.17. The molecule has 0 unspecified atom stereocenters. The molecular weight excluding hydrogens is 244 g/mol. The van der Waals surface area contributed by atoms with E-state index in [-0.39, 0.29) is 13.1 Å². The molecule has 0 atom stereocenters. The van der Waals surface area contributed by atoms with Gasteiger partial charge >= 0.3 is 17.8 Å². The number of rotatable bonds is 4. The summed E-state index contributed by atoms with van der Waals surface area (Å²) in [6, 6.07) is 6.84. The summed E-state index contributed by atoms with van der Waals surface area (Å²) in [6.45, 7) is 5.52. The topological polar surface area (TPSA) is 57.7 Å².